The molecule has 11 heteroatoms. The lowest BCUT2D eigenvalue weighted by atomic mass is 9.95. The number of rotatable bonds is 5. The van der Waals surface area contributed by atoms with Crippen molar-refractivity contribution >= 4 is 39.5 Å². The van der Waals surface area contributed by atoms with Crippen molar-refractivity contribution < 1.29 is 19.4 Å². The van der Waals surface area contributed by atoms with Gasteiger partial charge in [0.25, 0.3) is 23.2 Å². The van der Waals surface area contributed by atoms with E-state index < -0.39 is 33.0 Å². The van der Waals surface area contributed by atoms with Gasteiger partial charge in [0.05, 0.1) is 21.0 Å². The van der Waals surface area contributed by atoms with Crippen molar-refractivity contribution in [2.24, 2.45) is 5.73 Å². The normalized spacial score (nSPS) is 12.9. The highest BCUT2D eigenvalue weighted by molar-refractivity contribution is 7.17. The van der Waals surface area contributed by atoms with E-state index in [4.69, 9.17) is 5.73 Å². The molecule has 2 amide bonds. The van der Waals surface area contributed by atoms with Crippen LogP contribution in [-0.4, -0.2) is 21.7 Å². The predicted octanol–water partition coefficient (Wildman–Crippen LogP) is 3.10. The molecule has 0 saturated heterocycles. The van der Waals surface area contributed by atoms with Gasteiger partial charge in [0.2, 0.25) is 0 Å². The van der Waals surface area contributed by atoms with Gasteiger partial charge in [-0.2, -0.15) is 0 Å². The molecule has 1 aromatic heterocycles. The van der Waals surface area contributed by atoms with Crippen molar-refractivity contribution in [2.45, 2.75) is 32.6 Å². The minimum absolute atomic E-state index is 0.143. The summed E-state index contributed by atoms with van der Waals surface area (Å²) in [5.74, 6) is -1.46. The van der Waals surface area contributed by atoms with Crippen LogP contribution < -0.4 is 11.1 Å². The molecule has 0 radical (unpaired) electrons. The number of hydrogen-bond donors (Lipinski definition) is 2. The Hall–Kier alpha value is -3.34. The van der Waals surface area contributed by atoms with E-state index >= 15 is 0 Å². The van der Waals surface area contributed by atoms with Crippen LogP contribution in [0.2, 0.25) is 0 Å². The van der Waals surface area contributed by atoms with E-state index in [0.29, 0.717) is 6.42 Å². The van der Waals surface area contributed by atoms with E-state index in [0.717, 1.165) is 41.8 Å². The molecule has 0 fully saturated rings. The van der Waals surface area contributed by atoms with Crippen LogP contribution in [0.3, 0.4) is 0 Å². The van der Waals surface area contributed by atoms with Crippen molar-refractivity contribution in [1.29, 1.82) is 0 Å². The number of nitro groups is 2. The molecule has 0 saturated carbocycles. The number of nitrogens with one attached hydrogen (secondary N) is 1. The summed E-state index contributed by atoms with van der Waals surface area (Å²) in [6.07, 6.45) is 3.34. The zero-order chi connectivity index (χ0) is 20.6. The topological polar surface area (TPSA) is 158 Å². The van der Waals surface area contributed by atoms with Gasteiger partial charge in [-0.05, 0) is 38.2 Å². The van der Waals surface area contributed by atoms with Gasteiger partial charge in [-0.15, -0.1) is 11.3 Å². The predicted molar refractivity (Wildman–Crippen MR) is 102 cm³/mol. The van der Waals surface area contributed by atoms with E-state index in [1.807, 2.05) is 0 Å². The van der Waals surface area contributed by atoms with Crippen LogP contribution in [0, 0.1) is 27.2 Å². The summed E-state index contributed by atoms with van der Waals surface area (Å²) in [6.45, 7) is 1.25. The number of carbonyl (C=O) groups is 2. The quantitative estimate of drug-likeness (QED) is 0.575. The molecule has 0 spiro atoms. The van der Waals surface area contributed by atoms with Gasteiger partial charge >= 0.3 is 0 Å². The van der Waals surface area contributed by atoms with E-state index in [-0.39, 0.29) is 21.7 Å². The number of fused-ring (bicyclic) bond motifs is 1. The van der Waals surface area contributed by atoms with Crippen LogP contribution in [0.15, 0.2) is 12.1 Å². The van der Waals surface area contributed by atoms with Gasteiger partial charge in [0, 0.05) is 17.0 Å². The van der Waals surface area contributed by atoms with Crippen molar-refractivity contribution in [3.63, 3.8) is 0 Å². The molecule has 0 atom stereocenters. The SMILES string of the molecule is Cc1c([N+](=O)[O-])cc(C(=O)Nc2sc3c(c2C(N)=O)CCCC3)cc1[N+](=O)[O-]. The summed E-state index contributed by atoms with van der Waals surface area (Å²) in [7, 11) is 0. The maximum Gasteiger partial charge on any atom is 0.279 e. The first-order chi connectivity index (χ1) is 13.2. The molecule has 1 aliphatic carbocycles. The number of hydrogen-bond acceptors (Lipinski definition) is 7. The largest absolute Gasteiger partial charge is 0.365 e. The fraction of sp³-hybridized carbons (Fsp3) is 0.294. The molecule has 3 rings (SSSR count). The number of thiophene rings is 1. The third-order valence-corrected chi connectivity index (χ3v) is 5.86. The summed E-state index contributed by atoms with van der Waals surface area (Å²) >= 11 is 1.24. The molecule has 0 unspecified atom stereocenters. The standard InChI is InChI=1S/C17H16N4O6S/c1-8-11(20(24)25)6-9(7-12(8)21(26)27)16(23)19-17-14(15(18)22)10-4-2-3-5-13(10)28-17/h6-7H,2-5H2,1H3,(H2,18,22)(H,19,23). The summed E-state index contributed by atoms with van der Waals surface area (Å²) in [5, 5.41) is 25.2. The maximum atomic E-state index is 12.7. The smallest absolute Gasteiger partial charge is 0.279 e. The first-order valence-electron chi connectivity index (χ1n) is 8.39. The van der Waals surface area contributed by atoms with Gasteiger partial charge in [-0.3, -0.25) is 29.8 Å². The molecule has 0 bridgehead atoms. The first-order valence-corrected chi connectivity index (χ1v) is 9.21. The average molecular weight is 404 g/mol. The van der Waals surface area contributed by atoms with Crippen molar-refractivity contribution in [3.05, 3.63) is 59.5 Å². The van der Waals surface area contributed by atoms with Crippen molar-refractivity contribution in [2.75, 3.05) is 5.32 Å². The lowest BCUT2D eigenvalue weighted by Gasteiger charge is -2.11. The van der Waals surface area contributed by atoms with Crippen LogP contribution >= 0.6 is 11.3 Å². The molecule has 0 aliphatic heterocycles. The van der Waals surface area contributed by atoms with Crippen molar-refractivity contribution in [1.82, 2.24) is 0 Å². The van der Waals surface area contributed by atoms with Crippen LogP contribution in [-0.2, 0) is 12.8 Å². The number of nitrogens with two attached hydrogens (primary N) is 1. The lowest BCUT2D eigenvalue weighted by Crippen LogP contribution is -2.19. The minimum atomic E-state index is -0.785. The summed E-state index contributed by atoms with van der Waals surface area (Å²) in [4.78, 5) is 46.4. The number of carbonyl (C=O) groups excluding carboxylic acids is 2. The monoisotopic (exact) mass is 404 g/mol. The Kier molecular flexibility index (Phi) is 5.10. The fourth-order valence-corrected chi connectivity index (χ4v) is 4.57. The average Bonchev–Trinajstić information content (AvgIpc) is 2.99. The summed E-state index contributed by atoms with van der Waals surface area (Å²) < 4.78 is 0. The molecule has 1 aliphatic rings. The van der Waals surface area contributed by atoms with Gasteiger partial charge in [-0.25, -0.2) is 0 Å². The molecule has 1 heterocycles. The number of amides is 2. The third-order valence-electron chi connectivity index (χ3n) is 4.65. The molecular weight excluding hydrogens is 388 g/mol. The van der Waals surface area contributed by atoms with Gasteiger partial charge in [-0.1, -0.05) is 0 Å². The van der Waals surface area contributed by atoms with E-state index in [1.165, 1.54) is 18.3 Å². The second-order valence-electron chi connectivity index (χ2n) is 6.39. The Bertz CT molecular complexity index is 994. The number of benzene rings is 1. The van der Waals surface area contributed by atoms with Crippen LogP contribution in [0.5, 0.6) is 0 Å². The lowest BCUT2D eigenvalue weighted by molar-refractivity contribution is -0.395. The molecule has 1 aromatic carbocycles. The third kappa shape index (κ3) is 3.43. The summed E-state index contributed by atoms with van der Waals surface area (Å²) in [6, 6.07) is 1.96. The van der Waals surface area contributed by atoms with Crippen molar-refractivity contribution in [3.8, 4) is 0 Å². The highest BCUT2D eigenvalue weighted by atomic mass is 32.1. The minimum Gasteiger partial charge on any atom is -0.365 e. The van der Waals surface area contributed by atoms with Gasteiger partial charge < -0.3 is 11.1 Å². The first kappa shape index (κ1) is 19.4. The molecule has 2 aromatic rings. The number of anilines is 1. The number of nitro benzene ring substituents is 2. The molecule has 10 nitrogen and oxygen atoms in total. The summed E-state index contributed by atoms with van der Waals surface area (Å²) in [5.41, 5.74) is 5.10. The van der Waals surface area contributed by atoms with Crippen LogP contribution in [0.4, 0.5) is 16.4 Å². The Labute approximate surface area is 162 Å². The maximum absolute atomic E-state index is 12.7. The zero-order valence-electron chi connectivity index (χ0n) is 14.8. The molecule has 28 heavy (non-hydrogen) atoms. The molecular formula is C17H16N4O6S. The fourth-order valence-electron chi connectivity index (χ4n) is 3.28. The van der Waals surface area contributed by atoms with E-state index in [1.54, 1.807) is 0 Å². The van der Waals surface area contributed by atoms with Gasteiger partial charge in [0.1, 0.15) is 10.6 Å². The Morgan fingerprint density at radius 1 is 1.11 bits per heavy atom. The van der Waals surface area contributed by atoms with Gasteiger partial charge in [0.15, 0.2) is 0 Å². The van der Waals surface area contributed by atoms with E-state index in [9.17, 15) is 29.8 Å². The van der Waals surface area contributed by atoms with E-state index in [2.05, 4.69) is 5.32 Å². The Morgan fingerprint density at radius 2 is 1.68 bits per heavy atom. The Morgan fingerprint density at radius 3 is 2.21 bits per heavy atom. The Balaban J connectivity index is 2.03. The second-order valence-corrected chi connectivity index (χ2v) is 7.49. The highest BCUT2D eigenvalue weighted by Crippen LogP contribution is 2.38. The number of nitrogens with zero attached hydrogens (tertiary/aromatic N) is 2. The zero-order valence-corrected chi connectivity index (χ0v) is 15.6. The number of primary amides is 1. The van der Waals surface area contributed by atoms with Crippen LogP contribution in [0.1, 0.15) is 49.6 Å². The van der Waals surface area contributed by atoms with Crippen LogP contribution in [0.25, 0.3) is 0 Å². The molecule has 3 N–H and O–H groups in total. The molecule has 146 valence electrons. The number of aryl methyl sites for hydroxylation is 1. The second kappa shape index (κ2) is 7.35. The highest BCUT2D eigenvalue weighted by Gasteiger charge is 2.28.